The molecule has 0 saturated carbocycles. The molecule has 1 aliphatic heterocycles. The van der Waals surface area contributed by atoms with Crippen LogP contribution in [0.5, 0.6) is 23.4 Å². The molecule has 0 spiro atoms. The van der Waals surface area contributed by atoms with Gasteiger partial charge in [0.1, 0.15) is 23.0 Å². The molecule has 8 heteroatoms. The van der Waals surface area contributed by atoms with E-state index in [0.717, 1.165) is 37.2 Å². The van der Waals surface area contributed by atoms with E-state index < -0.39 is 0 Å². The summed E-state index contributed by atoms with van der Waals surface area (Å²) >= 11 is 0. The van der Waals surface area contributed by atoms with E-state index in [4.69, 9.17) is 9.47 Å². The highest BCUT2D eigenvalue weighted by molar-refractivity contribution is 5.62. The first kappa shape index (κ1) is 21.1. The number of imidazole rings is 1. The Labute approximate surface area is 191 Å². The third kappa shape index (κ3) is 4.85. The Morgan fingerprint density at radius 1 is 0.909 bits per heavy atom. The highest BCUT2D eigenvalue weighted by Gasteiger charge is 2.24. The topological polar surface area (TPSA) is 74.1 Å². The van der Waals surface area contributed by atoms with Gasteiger partial charge in [0.25, 0.3) is 0 Å². The van der Waals surface area contributed by atoms with Crippen molar-refractivity contribution >= 4 is 0 Å². The second kappa shape index (κ2) is 9.38. The van der Waals surface area contributed by atoms with Crippen LogP contribution in [0.1, 0.15) is 24.4 Å². The molecule has 3 heterocycles. The number of halogens is 1. The van der Waals surface area contributed by atoms with E-state index in [1.54, 1.807) is 24.7 Å². The molecule has 33 heavy (non-hydrogen) atoms. The molecule has 0 bridgehead atoms. The molecule has 1 fully saturated rings. The molecule has 1 saturated heterocycles. The highest BCUT2D eigenvalue weighted by atomic mass is 19.1. The number of piperidine rings is 1. The number of ether oxygens (including phenoxy) is 2. The van der Waals surface area contributed by atoms with E-state index in [0.29, 0.717) is 23.1 Å². The average molecular weight is 445 g/mol. The first-order valence-corrected chi connectivity index (χ1v) is 10.9. The number of benzene rings is 2. The number of aryl methyl sites for hydroxylation is 1. The normalized spacial score (nSPS) is 14.2. The van der Waals surface area contributed by atoms with Crippen molar-refractivity contribution in [2.45, 2.75) is 25.8 Å². The van der Waals surface area contributed by atoms with Crippen LogP contribution < -0.4 is 14.8 Å². The molecule has 0 atom stereocenters. The van der Waals surface area contributed by atoms with Crippen LogP contribution in [0.15, 0.2) is 67.1 Å². The van der Waals surface area contributed by atoms with Crippen LogP contribution in [0.4, 0.5) is 4.39 Å². The smallest absolute Gasteiger partial charge is 0.322 e. The van der Waals surface area contributed by atoms with Gasteiger partial charge in [-0.3, -0.25) is 0 Å². The van der Waals surface area contributed by atoms with Crippen molar-refractivity contribution in [1.82, 2.24) is 24.8 Å². The summed E-state index contributed by atoms with van der Waals surface area (Å²) in [6, 6.07) is 15.9. The van der Waals surface area contributed by atoms with E-state index in [-0.39, 0.29) is 17.9 Å². The minimum absolute atomic E-state index is 0.238. The minimum atomic E-state index is -0.323. The molecular weight excluding hydrogens is 421 g/mol. The van der Waals surface area contributed by atoms with Gasteiger partial charge >= 0.3 is 6.01 Å². The van der Waals surface area contributed by atoms with E-state index in [1.807, 2.05) is 37.3 Å². The zero-order valence-corrected chi connectivity index (χ0v) is 18.2. The van der Waals surface area contributed by atoms with Crippen LogP contribution >= 0.6 is 0 Å². The molecule has 4 aromatic rings. The van der Waals surface area contributed by atoms with Crippen LogP contribution in [-0.2, 0) is 0 Å². The SMILES string of the molecule is Cc1ccc(Oc2nccc(-c3c(Oc4ccc(F)cc4)ncn3C3CCNCC3)n2)cc1. The predicted octanol–water partition coefficient (Wildman–Crippen LogP) is 5.30. The Kier molecular flexibility index (Phi) is 5.99. The Bertz CT molecular complexity index is 1220. The highest BCUT2D eigenvalue weighted by Crippen LogP contribution is 2.36. The lowest BCUT2D eigenvalue weighted by Crippen LogP contribution is -2.29. The van der Waals surface area contributed by atoms with Gasteiger partial charge < -0.3 is 19.4 Å². The van der Waals surface area contributed by atoms with Crippen LogP contribution in [0.2, 0.25) is 0 Å². The monoisotopic (exact) mass is 445 g/mol. The summed E-state index contributed by atoms with van der Waals surface area (Å²) in [6.07, 6.45) is 5.38. The van der Waals surface area contributed by atoms with Crippen molar-refractivity contribution in [3.05, 3.63) is 78.5 Å². The maximum absolute atomic E-state index is 13.4. The fourth-order valence-electron chi connectivity index (χ4n) is 3.87. The zero-order chi connectivity index (χ0) is 22.6. The molecule has 1 N–H and O–H groups in total. The van der Waals surface area contributed by atoms with Gasteiger partial charge in [0.05, 0.1) is 12.0 Å². The van der Waals surface area contributed by atoms with Crippen molar-refractivity contribution in [2.24, 2.45) is 0 Å². The minimum Gasteiger partial charge on any atom is -0.437 e. The largest absolute Gasteiger partial charge is 0.437 e. The number of rotatable bonds is 6. The number of aromatic nitrogens is 4. The zero-order valence-electron chi connectivity index (χ0n) is 18.2. The van der Waals surface area contributed by atoms with Gasteiger partial charge in [-0.15, -0.1) is 0 Å². The Balaban J connectivity index is 1.51. The van der Waals surface area contributed by atoms with Gasteiger partial charge in [0.15, 0.2) is 0 Å². The molecule has 0 aliphatic carbocycles. The van der Waals surface area contributed by atoms with Crippen molar-refractivity contribution in [3.63, 3.8) is 0 Å². The third-order valence-corrected chi connectivity index (χ3v) is 5.60. The Hall–Kier alpha value is -3.78. The van der Waals surface area contributed by atoms with Gasteiger partial charge in [-0.2, -0.15) is 4.98 Å². The van der Waals surface area contributed by atoms with Crippen molar-refractivity contribution in [3.8, 4) is 34.8 Å². The quantitative estimate of drug-likeness (QED) is 0.434. The standard InChI is InChI=1S/C25H24FN5O2/c1-17-2-6-21(7-3-17)33-25-28-15-12-22(30-25)23-24(32-20-8-4-18(26)5-9-20)29-16-31(23)19-10-13-27-14-11-19/h2-9,12,15-16,19,27H,10-11,13-14H2,1H3. The molecular formula is C25H24FN5O2. The fourth-order valence-corrected chi connectivity index (χ4v) is 3.87. The van der Waals surface area contributed by atoms with Crippen molar-refractivity contribution in [2.75, 3.05) is 13.1 Å². The Morgan fingerprint density at radius 2 is 1.61 bits per heavy atom. The van der Waals surface area contributed by atoms with Crippen LogP contribution in [0.3, 0.4) is 0 Å². The van der Waals surface area contributed by atoms with Crippen molar-refractivity contribution < 1.29 is 13.9 Å². The van der Waals surface area contributed by atoms with Crippen LogP contribution in [0.25, 0.3) is 11.4 Å². The molecule has 5 rings (SSSR count). The maximum Gasteiger partial charge on any atom is 0.322 e. The molecule has 2 aromatic carbocycles. The summed E-state index contributed by atoms with van der Waals surface area (Å²) in [6.45, 7) is 3.88. The Morgan fingerprint density at radius 3 is 2.36 bits per heavy atom. The first-order chi connectivity index (χ1) is 16.2. The predicted molar refractivity (Wildman–Crippen MR) is 122 cm³/mol. The van der Waals surface area contributed by atoms with Gasteiger partial charge in [-0.05, 0) is 75.3 Å². The third-order valence-electron chi connectivity index (χ3n) is 5.60. The molecule has 0 unspecified atom stereocenters. The molecule has 1 aliphatic rings. The average Bonchev–Trinajstić information content (AvgIpc) is 3.26. The molecule has 0 radical (unpaired) electrons. The van der Waals surface area contributed by atoms with E-state index >= 15 is 0 Å². The second-order valence-electron chi connectivity index (χ2n) is 7.98. The number of hydrogen-bond donors (Lipinski definition) is 1. The maximum atomic E-state index is 13.4. The summed E-state index contributed by atoms with van der Waals surface area (Å²) in [5.41, 5.74) is 2.52. The first-order valence-electron chi connectivity index (χ1n) is 10.9. The lowest BCUT2D eigenvalue weighted by atomic mass is 10.1. The summed E-state index contributed by atoms with van der Waals surface area (Å²) in [5, 5.41) is 3.39. The molecule has 7 nitrogen and oxygen atoms in total. The molecule has 0 amide bonds. The molecule has 2 aromatic heterocycles. The summed E-state index contributed by atoms with van der Waals surface area (Å²) in [4.78, 5) is 13.5. The summed E-state index contributed by atoms with van der Waals surface area (Å²) in [7, 11) is 0. The summed E-state index contributed by atoms with van der Waals surface area (Å²) in [5.74, 6) is 1.24. The lowest BCUT2D eigenvalue weighted by molar-refractivity contribution is 0.368. The van der Waals surface area contributed by atoms with E-state index in [1.165, 1.54) is 12.1 Å². The van der Waals surface area contributed by atoms with Gasteiger partial charge in [-0.25, -0.2) is 14.4 Å². The van der Waals surface area contributed by atoms with Crippen molar-refractivity contribution in [1.29, 1.82) is 0 Å². The fraction of sp³-hybridized carbons (Fsp3) is 0.240. The number of nitrogens with one attached hydrogen (secondary N) is 1. The van der Waals surface area contributed by atoms with E-state index in [9.17, 15) is 4.39 Å². The van der Waals surface area contributed by atoms with E-state index in [2.05, 4.69) is 24.8 Å². The van der Waals surface area contributed by atoms with Crippen LogP contribution in [-0.4, -0.2) is 32.6 Å². The second-order valence-corrected chi connectivity index (χ2v) is 7.98. The van der Waals surface area contributed by atoms with Gasteiger partial charge in [0, 0.05) is 12.2 Å². The lowest BCUT2D eigenvalue weighted by Gasteiger charge is -2.25. The number of hydrogen-bond acceptors (Lipinski definition) is 6. The number of nitrogens with zero attached hydrogens (tertiary/aromatic N) is 4. The summed E-state index contributed by atoms with van der Waals surface area (Å²) < 4.78 is 27.4. The van der Waals surface area contributed by atoms with Crippen LogP contribution in [0, 0.1) is 12.7 Å². The molecule has 168 valence electrons. The van der Waals surface area contributed by atoms with Gasteiger partial charge in [0.2, 0.25) is 5.88 Å². The van der Waals surface area contributed by atoms with Gasteiger partial charge in [-0.1, -0.05) is 17.7 Å².